The van der Waals surface area contributed by atoms with Gasteiger partial charge in [0, 0.05) is 12.6 Å². The van der Waals surface area contributed by atoms with Crippen LogP contribution in [0.2, 0.25) is 0 Å². The Labute approximate surface area is 149 Å². The second-order valence-electron chi connectivity index (χ2n) is 6.75. The second kappa shape index (κ2) is 9.30. The third-order valence-electron chi connectivity index (χ3n) is 4.35. The molecule has 1 heterocycles. The van der Waals surface area contributed by atoms with E-state index in [4.69, 9.17) is 9.47 Å². The predicted octanol–water partition coefficient (Wildman–Crippen LogP) is 2.27. The molecule has 1 aromatic carbocycles. The Morgan fingerprint density at radius 1 is 1.20 bits per heavy atom. The lowest BCUT2D eigenvalue weighted by Gasteiger charge is -2.18. The normalized spacial score (nSPS) is 18.9. The van der Waals surface area contributed by atoms with Gasteiger partial charge in [0.2, 0.25) is 0 Å². The summed E-state index contributed by atoms with van der Waals surface area (Å²) in [5, 5.41) is 5.74. The molecule has 6 nitrogen and oxygen atoms in total. The van der Waals surface area contributed by atoms with Gasteiger partial charge in [-0.25, -0.2) is 0 Å². The van der Waals surface area contributed by atoms with E-state index in [0.29, 0.717) is 24.0 Å². The Morgan fingerprint density at radius 3 is 2.56 bits per heavy atom. The van der Waals surface area contributed by atoms with Crippen molar-refractivity contribution in [1.29, 1.82) is 0 Å². The molecular formula is C19H28N2O4. The van der Waals surface area contributed by atoms with Gasteiger partial charge in [0.15, 0.2) is 12.7 Å². The minimum absolute atomic E-state index is 0.0255. The van der Waals surface area contributed by atoms with E-state index in [1.165, 1.54) is 0 Å². The molecule has 2 atom stereocenters. The highest BCUT2D eigenvalue weighted by molar-refractivity contribution is 5.81. The molecule has 1 aliphatic heterocycles. The Hall–Kier alpha value is -2.24. The Morgan fingerprint density at radius 2 is 1.88 bits per heavy atom. The van der Waals surface area contributed by atoms with Gasteiger partial charge in [-0.2, -0.15) is 0 Å². The van der Waals surface area contributed by atoms with Crippen molar-refractivity contribution in [2.24, 2.45) is 5.92 Å². The number of carbonyl (C=O) groups excluding carboxylic acids is 2. The third-order valence-corrected chi connectivity index (χ3v) is 4.35. The summed E-state index contributed by atoms with van der Waals surface area (Å²) in [6.07, 6.45) is 2.22. The maximum absolute atomic E-state index is 11.9. The monoisotopic (exact) mass is 348 g/mol. The topological polar surface area (TPSA) is 76.7 Å². The van der Waals surface area contributed by atoms with Crippen LogP contribution in [0.4, 0.5) is 0 Å². The van der Waals surface area contributed by atoms with Crippen LogP contribution in [0.3, 0.4) is 0 Å². The average molecular weight is 348 g/mol. The quantitative estimate of drug-likeness (QED) is 0.792. The van der Waals surface area contributed by atoms with Gasteiger partial charge in [0.05, 0.1) is 0 Å². The van der Waals surface area contributed by atoms with Crippen LogP contribution < -0.4 is 20.1 Å². The van der Waals surface area contributed by atoms with Crippen LogP contribution in [0.15, 0.2) is 24.3 Å². The highest BCUT2D eigenvalue weighted by Gasteiger charge is 2.22. The lowest BCUT2D eigenvalue weighted by Crippen LogP contribution is -2.38. The molecule has 2 amide bonds. The molecule has 0 aliphatic carbocycles. The lowest BCUT2D eigenvalue weighted by atomic mass is 10.1. The first-order valence-electron chi connectivity index (χ1n) is 8.92. The van der Waals surface area contributed by atoms with Crippen molar-refractivity contribution in [2.75, 3.05) is 13.2 Å². The second-order valence-corrected chi connectivity index (χ2v) is 6.75. The highest BCUT2D eigenvalue weighted by Crippen LogP contribution is 2.20. The molecule has 6 heteroatoms. The van der Waals surface area contributed by atoms with E-state index < -0.39 is 6.10 Å². The van der Waals surface area contributed by atoms with Crippen molar-refractivity contribution in [2.45, 2.75) is 52.2 Å². The zero-order valence-corrected chi connectivity index (χ0v) is 15.2. The van der Waals surface area contributed by atoms with E-state index >= 15 is 0 Å². The molecule has 1 aliphatic rings. The number of hydrogen-bond donors (Lipinski definition) is 2. The molecule has 2 rings (SSSR count). The highest BCUT2D eigenvalue weighted by atomic mass is 16.5. The summed E-state index contributed by atoms with van der Waals surface area (Å²) >= 11 is 0. The predicted molar refractivity (Wildman–Crippen MR) is 95.7 cm³/mol. The summed E-state index contributed by atoms with van der Waals surface area (Å²) in [6, 6.07) is 7.09. The first kappa shape index (κ1) is 19.1. The van der Waals surface area contributed by atoms with Crippen LogP contribution in [0.5, 0.6) is 11.5 Å². The first-order valence-corrected chi connectivity index (χ1v) is 8.92. The molecule has 2 N–H and O–H groups in total. The van der Waals surface area contributed by atoms with Crippen LogP contribution in [-0.2, 0) is 9.59 Å². The molecule has 25 heavy (non-hydrogen) atoms. The minimum atomic E-state index is -0.447. The number of amides is 2. The molecule has 138 valence electrons. The van der Waals surface area contributed by atoms with Crippen molar-refractivity contribution >= 4 is 11.8 Å². The largest absolute Gasteiger partial charge is 0.484 e. The fraction of sp³-hybridized carbons (Fsp3) is 0.579. The van der Waals surface area contributed by atoms with E-state index in [1.54, 1.807) is 24.3 Å². The van der Waals surface area contributed by atoms with Gasteiger partial charge in [-0.05, 0) is 56.4 Å². The number of carbonyl (C=O) groups is 2. The lowest BCUT2D eigenvalue weighted by molar-refractivity contribution is -0.127. The van der Waals surface area contributed by atoms with Crippen LogP contribution in [0, 0.1) is 5.92 Å². The van der Waals surface area contributed by atoms with Gasteiger partial charge < -0.3 is 20.1 Å². The molecule has 0 spiro atoms. The molecule has 1 aromatic rings. The van der Waals surface area contributed by atoms with Gasteiger partial charge in [-0.1, -0.05) is 13.8 Å². The van der Waals surface area contributed by atoms with Crippen LogP contribution in [0.25, 0.3) is 0 Å². The Balaban J connectivity index is 1.81. The van der Waals surface area contributed by atoms with Crippen molar-refractivity contribution in [3.05, 3.63) is 24.3 Å². The summed E-state index contributed by atoms with van der Waals surface area (Å²) in [4.78, 5) is 23.7. The molecule has 0 bridgehead atoms. The van der Waals surface area contributed by atoms with Gasteiger partial charge >= 0.3 is 0 Å². The molecule has 0 radical (unpaired) electrons. The van der Waals surface area contributed by atoms with E-state index in [-0.39, 0.29) is 24.5 Å². The van der Waals surface area contributed by atoms with Gasteiger partial charge in [0.25, 0.3) is 11.8 Å². The standard InChI is InChI=1S/C19H28N2O4/c1-13(2)14(3)21-18(22)12-24-15-7-9-16(10-8-15)25-17-6-4-5-11-20-19(17)23/h7-10,13-14,17H,4-6,11-12H2,1-3H3,(H,20,23)(H,21,22). The van der Waals surface area contributed by atoms with Gasteiger partial charge in [-0.3, -0.25) is 9.59 Å². The summed E-state index contributed by atoms with van der Waals surface area (Å²) in [6.45, 7) is 6.77. The average Bonchev–Trinajstić information content (AvgIpc) is 2.79. The molecular weight excluding hydrogens is 320 g/mol. The summed E-state index contributed by atoms with van der Waals surface area (Å²) in [7, 11) is 0. The SMILES string of the molecule is CC(C)C(C)NC(=O)COc1ccc(OC2CCCCNC2=O)cc1. The van der Waals surface area contributed by atoms with E-state index in [9.17, 15) is 9.59 Å². The van der Waals surface area contributed by atoms with Crippen LogP contribution in [0.1, 0.15) is 40.0 Å². The van der Waals surface area contributed by atoms with Crippen molar-refractivity contribution in [3.8, 4) is 11.5 Å². The number of nitrogens with one attached hydrogen (secondary N) is 2. The summed E-state index contributed by atoms with van der Waals surface area (Å²) < 4.78 is 11.2. The maximum Gasteiger partial charge on any atom is 0.261 e. The summed E-state index contributed by atoms with van der Waals surface area (Å²) in [5.41, 5.74) is 0. The fourth-order valence-electron chi connectivity index (χ4n) is 2.41. The molecule has 0 aromatic heterocycles. The van der Waals surface area contributed by atoms with E-state index in [1.807, 2.05) is 6.92 Å². The number of rotatable bonds is 7. The number of ether oxygens (including phenoxy) is 2. The van der Waals surface area contributed by atoms with E-state index in [2.05, 4.69) is 24.5 Å². The van der Waals surface area contributed by atoms with E-state index in [0.717, 1.165) is 19.3 Å². The number of benzene rings is 1. The first-order chi connectivity index (χ1) is 12.0. The third kappa shape index (κ3) is 6.29. The van der Waals surface area contributed by atoms with Gasteiger partial charge in [0.1, 0.15) is 11.5 Å². The Kier molecular flexibility index (Phi) is 7.10. The molecule has 2 unspecified atom stereocenters. The number of hydrogen-bond acceptors (Lipinski definition) is 4. The van der Waals surface area contributed by atoms with Gasteiger partial charge in [-0.15, -0.1) is 0 Å². The maximum atomic E-state index is 11.9. The molecule has 1 fully saturated rings. The van der Waals surface area contributed by atoms with Crippen molar-refractivity contribution < 1.29 is 19.1 Å². The molecule has 1 saturated heterocycles. The fourth-order valence-corrected chi connectivity index (χ4v) is 2.41. The van der Waals surface area contributed by atoms with Crippen LogP contribution >= 0.6 is 0 Å². The Bertz CT molecular complexity index is 571. The molecule has 0 saturated carbocycles. The summed E-state index contributed by atoms with van der Waals surface area (Å²) in [5.74, 6) is 1.38. The van der Waals surface area contributed by atoms with Crippen molar-refractivity contribution in [3.63, 3.8) is 0 Å². The zero-order valence-electron chi connectivity index (χ0n) is 15.2. The minimum Gasteiger partial charge on any atom is -0.484 e. The smallest absolute Gasteiger partial charge is 0.261 e. The van der Waals surface area contributed by atoms with Crippen LogP contribution in [-0.4, -0.2) is 37.1 Å². The zero-order chi connectivity index (χ0) is 18.2. The van der Waals surface area contributed by atoms with Crippen molar-refractivity contribution in [1.82, 2.24) is 10.6 Å².